The largest absolute Gasteiger partial charge is 0.469 e. The number of hydrogen-bond acceptors (Lipinski definition) is 3. The molecule has 0 aromatic rings. The Morgan fingerprint density at radius 3 is 2.54 bits per heavy atom. The van der Waals surface area contributed by atoms with E-state index in [2.05, 4.69) is 10.1 Å². The van der Waals surface area contributed by atoms with Crippen LogP contribution in [0, 0.1) is 17.8 Å². The quantitative estimate of drug-likeness (QED) is 0.643. The second-order valence-corrected chi connectivity index (χ2v) is 4.30. The normalized spacial score (nSPS) is 37.5. The van der Waals surface area contributed by atoms with Crippen molar-refractivity contribution in [3.05, 3.63) is 0 Å². The Balaban J connectivity index is 1.82. The predicted molar refractivity (Wildman–Crippen MR) is 49.2 cm³/mol. The lowest BCUT2D eigenvalue weighted by molar-refractivity contribution is -0.141. The van der Waals surface area contributed by atoms with Crippen LogP contribution in [0.15, 0.2) is 0 Å². The molecular weight excluding hydrogens is 166 g/mol. The molecule has 13 heavy (non-hydrogen) atoms. The Kier molecular flexibility index (Phi) is 2.54. The smallest absolute Gasteiger partial charge is 0.305 e. The summed E-state index contributed by atoms with van der Waals surface area (Å²) in [6.07, 6.45) is 3.06. The van der Waals surface area contributed by atoms with Gasteiger partial charge in [-0.2, -0.15) is 0 Å². The highest BCUT2D eigenvalue weighted by atomic mass is 16.5. The number of ether oxygens (including phenoxy) is 1. The number of hydrogen-bond donors (Lipinski definition) is 1. The molecule has 1 aliphatic heterocycles. The number of esters is 1. The Bertz CT molecular complexity index is 193. The summed E-state index contributed by atoms with van der Waals surface area (Å²) >= 11 is 0. The van der Waals surface area contributed by atoms with E-state index in [0.29, 0.717) is 12.3 Å². The van der Waals surface area contributed by atoms with E-state index in [4.69, 9.17) is 0 Å². The summed E-state index contributed by atoms with van der Waals surface area (Å²) in [6, 6.07) is 0. The van der Waals surface area contributed by atoms with Gasteiger partial charge in [0.2, 0.25) is 0 Å². The van der Waals surface area contributed by atoms with Crippen molar-refractivity contribution < 1.29 is 9.53 Å². The van der Waals surface area contributed by atoms with Gasteiger partial charge >= 0.3 is 5.97 Å². The van der Waals surface area contributed by atoms with Gasteiger partial charge in [0.05, 0.1) is 7.11 Å². The molecule has 2 rings (SSSR count). The Morgan fingerprint density at radius 2 is 2.00 bits per heavy atom. The molecule has 0 aromatic carbocycles. The van der Waals surface area contributed by atoms with Crippen LogP contribution in [-0.2, 0) is 9.53 Å². The monoisotopic (exact) mass is 183 g/mol. The molecule has 2 aliphatic rings. The number of fused-ring (bicyclic) bond motifs is 1. The van der Waals surface area contributed by atoms with Gasteiger partial charge in [-0.25, -0.2) is 0 Å². The van der Waals surface area contributed by atoms with E-state index in [-0.39, 0.29) is 5.97 Å². The number of rotatable bonds is 2. The molecule has 0 radical (unpaired) electrons. The summed E-state index contributed by atoms with van der Waals surface area (Å²) in [5.74, 6) is 2.20. The second-order valence-electron chi connectivity index (χ2n) is 4.30. The molecule has 3 nitrogen and oxygen atoms in total. The van der Waals surface area contributed by atoms with Gasteiger partial charge in [0.1, 0.15) is 0 Å². The van der Waals surface area contributed by atoms with Gasteiger partial charge in [-0.15, -0.1) is 0 Å². The minimum atomic E-state index is -0.0436. The molecule has 1 unspecified atom stereocenters. The van der Waals surface area contributed by atoms with E-state index < -0.39 is 0 Å². The maximum atomic E-state index is 11.0. The fraction of sp³-hybridized carbons (Fsp3) is 0.900. The van der Waals surface area contributed by atoms with Crippen molar-refractivity contribution >= 4 is 5.97 Å². The molecule has 1 aliphatic carbocycles. The molecular formula is C10H17NO2. The molecule has 1 heterocycles. The van der Waals surface area contributed by atoms with Gasteiger partial charge in [-0.3, -0.25) is 4.79 Å². The standard InChI is InChI=1S/C10H17NO2/c1-13-10(12)4-7-2-8-5-11-6-9(8)3-7/h7-9,11H,2-6H2,1H3/t7?,8-,9+. The lowest BCUT2D eigenvalue weighted by Gasteiger charge is -2.08. The molecule has 1 N–H and O–H groups in total. The topological polar surface area (TPSA) is 38.3 Å². The van der Waals surface area contributed by atoms with Crippen LogP contribution in [0.25, 0.3) is 0 Å². The average molecular weight is 183 g/mol. The van der Waals surface area contributed by atoms with Crippen molar-refractivity contribution in [1.29, 1.82) is 0 Å². The van der Waals surface area contributed by atoms with Crippen molar-refractivity contribution in [3.63, 3.8) is 0 Å². The van der Waals surface area contributed by atoms with Crippen molar-refractivity contribution in [2.24, 2.45) is 17.8 Å². The number of carbonyl (C=O) groups excluding carboxylic acids is 1. The molecule has 0 aromatic heterocycles. The van der Waals surface area contributed by atoms with Crippen LogP contribution in [0.1, 0.15) is 19.3 Å². The SMILES string of the molecule is COC(=O)CC1C[C@H]2CNC[C@H]2C1. The summed E-state index contributed by atoms with van der Waals surface area (Å²) in [5.41, 5.74) is 0. The van der Waals surface area contributed by atoms with E-state index in [9.17, 15) is 4.79 Å². The van der Waals surface area contributed by atoms with Crippen LogP contribution >= 0.6 is 0 Å². The Labute approximate surface area is 78.8 Å². The third kappa shape index (κ3) is 1.85. The minimum absolute atomic E-state index is 0.0436. The highest BCUT2D eigenvalue weighted by Crippen LogP contribution is 2.39. The van der Waals surface area contributed by atoms with Crippen molar-refractivity contribution in [2.45, 2.75) is 19.3 Å². The minimum Gasteiger partial charge on any atom is -0.469 e. The maximum absolute atomic E-state index is 11.0. The molecule has 3 heteroatoms. The van der Waals surface area contributed by atoms with Crippen LogP contribution in [0.4, 0.5) is 0 Å². The van der Waals surface area contributed by atoms with Crippen LogP contribution in [0.5, 0.6) is 0 Å². The summed E-state index contributed by atoms with van der Waals surface area (Å²) in [6.45, 7) is 2.31. The second kappa shape index (κ2) is 3.66. The lowest BCUT2D eigenvalue weighted by atomic mass is 10.0. The summed E-state index contributed by atoms with van der Waals surface area (Å²) in [4.78, 5) is 11.0. The molecule has 1 saturated heterocycles. The van der Waals surface area contributed by atoms with Crippen LogP contribution in [-0.4, -0.2) is 26.2 Å². The van der Waals surface area contributed by atoms with Crippen LogP contribution < -0.4 is 5.32 Å². The molecule has 0 amide bonds. The zero-order chi connectivity index (χ0) is 9.26. The van der Waals surface area contributed by atoms with Crippen molar-refractivity contribution in [3.8, 4) is 0 Å². The Morgan fingerprint density at radius 1 is 1.38 bits per heavy atom. The van der Waals surface area contributed by atoms with E-state index >= 15 is 0 Å². The van der Waals surface area contributed by atoms with Gasteiger partial charge in [-0.1, -0.05) is 0 Å². The molecule has 74 valence electrons. The van der Waals surface area contributed by atoms with E-state index in [1.165, 1.54) is 20.0 Å². The molecule has 1 saturated carbocycles. The van der Waals surface area contributed by atoms with E-state index in [1.807, 2.05) is 0 Å². The van der Waals surface area contributed by atoms with Gasteiger partial charge in [0.25, 0.3) is 0 Å². The van der Waals surface area contributed by atoms with Crippen molar-refractivity contribution in [2.75, 3.05) is 20.2 Å². The zero-order valence-electron chi connectivity index (χ0n) is 8.08. The van der Waals surface area contributed by atoms with Gasteiger partial charge in [0.15, 0.2) is 0 Å². The van der Waals surface area contributed by atoms with Gasteiger partial charge < -0.3 is 10.1 Å². The highest BCUT2D eigenvalue weighted by Gasteiger charge is 2.37. The number of nitrogens with one attached hydrogen (secondary N) is 1. The third-order valence-corrected chi connectivity index (χ3v) is 3.43. The lowest BCUT2D eigenvalue weighted by Crippen LogP contribution is -2.14. The first kappa shape index (κ1) is 9.00. The van der Waals surface area contributed by atoms with E-state index in [1.54, 1.807) is 0 Å². The first-order valence-corrected chi connectivity index (χ1v) is 5.07. The summed E-state index contributed by atoms with van der Waals surface area (Å²) < 4.78 is 4.68. The number of carbonyl (C=O) groups is 1. The van der Waals surface area contributed by atoms with Gasteiger partial charge in [0, 0.05) is 6.42 Å². The van der Waals surface area contributed by atoms with Crippen LogP contribution in [0.3, 0.4) is 0 Å². The highest BCUT2D eigenvalue weighted by molar-refractivity contribution is 5.69. The van der Waals surface area contributed by atoms with Crippen LogP contribution in [0.2, 0.25) is 0 Å². The van der Waals surface area contributed by atoms with E-state index in [0.717, 1.165) is 24.9 Å². The van der Waals surface area contributed by atoms with Crippen molar-refractivity contribution in [1.82, 2.24) is 5.32 Å². The summed E-state index contributed by atoms with van der Waals surface area (Å²) in [5, 5.41) is 3.40. The predicted octanol–water partition coefficient (Wildman–Crippen LogP) is 0.795. The first-order valence-electron chi connectivity index (χ1n) is 5.07. The fourth-order valence-electron chi connectivity index (χ4n) is 2.78. The average Bonchev–Trinajstić information content (AvgIpc) is 2.63. The fourth-order valence-corrected chi connectivity index (χ4v) is 2.78. The molecule has 3 atom stereocenters. The Hall–Kier alpha value is -0.570. The first-order chi connectivity index (χ1) is 6.29. The maximum Gasteiger partial charge on any atom is 0.305 e. The number of methoxy groups -OCH3 is 1. The zero-order valence-corrected chi connectivity index (χ0v) is 8.08. The van der Waals surface area contributed by atoms with Gasteiger partial charge in [-0.05, 0) is 43.7 Å². The molecule has 0 bridgehead atoms. The molecule has 0 spiro atoms. The summed E-state index contributed by atoms with van der Waals surface area (Å²) in [7, 11) is 1.47. The molecule has 2 fully saturated rings. The third-order valence-electron chi connectivity index (χ3n) is 3.43.